The number of benzene rings is 1. The Morgan fingerprint density at radius 2 is 1.95 bits per heavy atom. The van der Waals surface area contributed by atoms with Crippen LogP contribution in [0.5, 0.6) is 0 Å². The summed E-state index contributed by atoms with van der Waals surface area (Å²) < 4.78 is 0.907. The van der Waals surface area contributed by atoms with Gasteiger partial charge in [0.2, 0.25) is 11.8 Å². The van der Waals surface area contributed by atoms with Crippen molar-refractivity contribution in [3.05, 3.63) is 22.2 Å². The van der Waals surface area contributed by atoms with Crippen molar-refractivity contribution in [3.63, 3.8) is 0 Å². The highest BCUT2D eigenvalue weighted by molar-refractivity contribution is 9.10. The number of carbonyl (C=O) groups is 2. The van der Waals surface area contributed by atoms with E-state index in [0.717, 1.165) is 22.1 Å². The first-order chi connectivity index (χ1) is 9.20. The van der Waals surface area contributed by atoms with Gasteiger partial charge in [0.25, 0.3) is 0 Å². The molecule has 0 radical (unpaired) electrons. The maximum absolute atomic E-state index is 12.6. The average Bonchev–Trinajstić information content (AvgIpc) is 2.69. The summed E-state index contributed by atoms with van der Waals surface area (Å²) in [6, 6.07) is 3.85. The average molecular weight is 339 g/mol. The molecule has 108 valence electrons. The number of hydrogen-bond acceptors (Lipinski definition) is 2. The number of amides is 2. The SMILES string of the molecule is CC(=O)Nc1cc(Br)cc2c1N(C(=O)C(C)(C)C)CC2. The molecule has 1 aliphatic rings. The summed E-state index contributed by atoms with van der Waals surface area (Å²) in [5.41, 5.74) is 2.17. The van der Waals surface area contributed by atoms with Crippen molar-refractivity contribution in [2.45, 2.75) is 34.1 Å². The van der Waals surface area contributed by atoms with Gasteiger partial charge in [0.15, 0.2) is 0 Å². The molecule has 5 heteroatoms. The van der Waals surface area contributed by atoms with Crippen molar-refractivity contribution in [1.29, 1.82) is 0 Å². The lowest BCUT2D eigenvalue weighted by molar-refractivity contribution is -0.125. The summed E-state index contributed by atoms with van der Waals surface area (Å²) in [6.45, 7) is 7.85. The highest BCUT2D eigenvalue weighted by atomic mass is 79.9. The molecule has 0 unspecified atom stereocenters. The van der Waals surface area contributed by atoms with Gasteiger partial charge in [-0.05, 0) is 24.1 Å². The second-order valence-corrected chi connectivity index (χ2v) is 7.01. The lowest BCUT2D eigenvalue weighted by Crippen LogP contribution is -2.38. The van der Waals surface area contributed by atoms with Gasteiger partial charge in [0, 0.05) is 23.4 Å². The Labute approximate surface area is 127 Å². The van der Waals surface area contributed by atoms with Crippen LogP contribution >= 0.6 is 15.9 Å². The topological polar surface area (TPSA) is 49.4 Å². The molecule has 1 heterocycles. The number of halogens is 1. The first-order valence-electron chi connectivity index (χ1n) is 6.62. The van der Waals surface area contributed by atoms with Crippen LogP contribution < -0.4 is 10.2 Å². The fraction of sp³-hybridized carbons (Fsp3) is 0.467. The molecule has 0 aliphatic carbocycles. The minimum Gasteiger partial charge on any atom is -0.324 e. The molecular formula is C15H19BrN2O2. The van der Waals surface area contributed by atoms with E-state index in [-0.39, 0.29) is 11.8 Å². The van der Waals surface area contributed by atoms with E-state index in [1.807, 2.05) is 32.9 Å². The van der Waals surface area contributed by atoms with E-state index in [0.29, 0.717) is 12.2 Å². The zero-order valence-electron chi connectivity index (χ0n) is 12.2. The smallest absolute Gasteiger partial charge is 0.232 e. The molecule has 1 aromatic carbocycles. The first kappa shape index (κ1) is 15.0. The molecule has 1 aliphatic heterocycles. The van der Waals surface area contributed by atoms with Gasteiger partial charge in [0.1, 0.15) is 0 Å². The lowest BCUT2D eigenvalue weighted by Gasteiger charge is -2.27. The number of fused-ring (bicyclic) bond motifs is 1. The highest BCUT2D eigenvalue weighted by Gasteiger charge is 2.34. The number of nitrogens with zero attached hydrogens (tertiary/aromatic N) is 1. The van der Waals surface area contributed by atoms with E-state index in [4.69, 9.17) is 0 Å². The van der Waals surface area contributed by atoms with Crippen LogP contribution in [-0.4, -0.2) is 18.4 Å². The molecule has 20 heavy (non-hydrogen) atoms. The molecule has 0 spiro atoms. The van der Waals surface area contributed by atoms with Crippen molar-refractivity contribution in [2.24, 2.45) is 5.41 Å². The Hall–Kier alpha value is -1.36. The van der Waals surface area contributed by atoms with E-state index in [1.54, 1.807) is 4.90 Å². The van der Waals surface area contributed by atoms with Crippen LogP contribution in [0.3, 0.4) is 0 Å². The van der Waals surface area contributed by atoms with Gasteiger partial charge < -0.3 is 10.2 Å². The third kappa shape index (κ3) is 2.87. The quantitative estimate of drug-likeness (QED) is 0.853. The fourth-order valence-electron chi connectivity index (χ4n) is 2.40. The van der Waals surface area contributed by atoms with Crippen LogP contribution in [0.15, 0.2) is 16.6 Å². The second-order valence-electron chi connectivity index (χ2n) is 6.10. The van der Waals surface area contributed by atoms with Crippen molar-refractivity contribution in [1.82, 2.24) is 0 Å². The molecule has 0 fully saturated rings. The zero-order chi connectivity index (χ0) is 15.1. The Bertz CT molecular complexity index is 576. The van der Waals surface area contributed by atoms with Crippen molar-refractivity contribution >= 4 is 39.1 Å². The van der Waals surface area contributed by atoms with Crippen LogP contribution in [0.1, 0.15) is 33.3 Å². The van der Waals surface area contributed by atoms with E-state index in [1.165, 1.54) is 6.92 Å². The van der Waals surface area contributed by atoms with Crippen molar-refractivity contribution in [3.8, 4) is 0 Å². The summed E-state index contributed by atoms with van der Waals surface area (Å²) in [5, 5.41) is 2.82. The monoisotopic (exact) mass is 338 g/mol. The standard InChI is InChI=1S/C15H19BrN2O2/c1-9(19)17-12-8-11(16)7-10-5-6-18(13(10)12)14(20)15(2,3)4/h7-8H,5-6H2,1-4H3,(H,17,19). The molecule has 1 N–H and O–H groups in total. The van der Waals surface area contributed by atoms with Gasteiger partial charge in [-0.3, -0.25) is 9.59 Å². The molecule has 0 saturated carbocycles. The van der Waals surface area contributed by atoms with E-state index in [2.05, 4.69) is 21.2 Å². The summed E-state index contributed by atoms with van der Waals surface area (Å²) in [6.07, 6.45) is 0.809. The highest BCUT2D eigenvalue weighted by Crippen LogP contribution is 2.40. The van der Waals surface area contributed by atoms with E-state index >= 15 is 0 Å². The van der Waals surface area contributed by atoms with E-state index in [9.17, 15) is 9.59 Å². The Kier molecular flexibility index (Phi) is 3.91. The summed E-state index contributed by atoms with van der Waals surface area (Å²) in [7, 11) is 0. The van der Waals surface area contributed by atoms with Crippen LogP contribution in [-0.2, 0) is 16.0 Å². The van der Waals surface area contributed by atoms with Crippen molar-refractivity contribution in [2.75, 3.05) is 16.8 Å². The number of anilines is 2. The molecule has 2 rings (SSSR count). The lowest BCUT2D eigenvalue weighted by atomic mass is 9.94. The van der Waals surface area contributed by atoms with E-state index < -0.39 is 5.41 Å². The molecule has 0 saturated heterocycles. The van der Waals surface area contributed by atoms with Crippen LogP contribution in [0.2, 0.25) is 0 Å². The minimum atomic E-state index is -0.442. The summed E-state index contributed by atoms with van der Waals surface area (Å²) >= 11 is 3.45. The minimum absolute atomic E-state index is 0.0742. The van der Waals surface area contributed by atoms with Gasteiger partial charge in [-0.25, -0.2) is 0 Å². The fourth-order valence-corrected chi connectivity index (χ4v) is 2.91. The van der Waals surface area contributed by atoms with Crippen LogP contribution in [0, 0.1) is 5.41 Å². The molecule has 2 amide bonds. The van der Waals surface area contributed by atoms with Crippen LogP contribution in [0.25, 0.3) is 0 Å². The maximum atomic E-state index is 12.6. The number of rotatable bonds is 1. The van der Waals surface area contributed by atoms with Gasteiger partial charge in [-0.15, -0.1) is 0 Å². The molecule has 0 aromatic heterocycles. The predicted molar refractivity (Wildman–Crippen MR) is 84.0 cm³/mol. The summed E-state index contributed by atoms with van der Waals surface area (Å²) in [5.74, 6) is -0.0643. The van der Waals surface area contributed by atoms with Crippen LogP contribution in [0.4, 0.5) is 11.4 Å². The summed E-state index contributed by atoms with van der Waals surface area (Å²) in [4.78, 5) is 25.7. The Morgan fingerprint density at radius 3 is 2.50 bits per heavy atom. The molecule has 0 bridgehead atoms. The van der Waals surface area contributed by atoms with Gasteiger partial charge in [-0.1, -0.05) is 36.7 Å². The first-order valence-corrected chi connectivity index (χ1v) is 7.41. The Morgan fingerprint density at radius 1 is 1.30 bits per heavy atom. The third-order valence-corrected chi connectivity index (χ3v) is 3.68. The predicted octanol–water partition coefficient (Wildman–Crippen LogP) is 3.34. The zero-order valence-corrected chi connectivity index (χ0v) is 13.8. The Balaban J connectivity index is 2.49. The van der Waals surface area contributed by atoms with Gasteiger partial charge >= 0.3 is 0 Å². The number of nitrogens with one attached hydrogen (secondary N) is 1. The normalized spacial score (nSPS) is 14.2. The van der Waals surface area contributed by atoms with Gasteiger partial charge in [-0.2, -0.15) is 0 Å². The number of hydrogen-bond donors (Lipinski definition) is 1. The second kappa shape index (κ2) is 5.20. The molecule has 0 atom stereocenters. The molecular weight excluding hydrogens is 320 g/mol. The molecule has 4 nitrogen and oxygen atoms in total. The number of carbonyl (C=O) groups excluding carboxylic acids is 2. The molecule has 1 aromatic rings. The van der Waals surface area contributed by atoms with Crippen molar-refractivity contribution < 1.29 is 9.59 Å². The van der Waals surface area contributed by atoms with Gasteiger partial charge in [0.05, 0.1) is 11.4 Å². The third-order valence-electron chi connectivity index (χ3n) is 3.23. The largest absolute Gasteiger partial charge is 0.324 e. The maximum Gasteiger partial charge on any atom is 0.232 e.